The smallest absolute Gasteiger partial charge is 0.331 e. The maximum atomic E-state index is 13.2. The van der Waals surface area contributed by atoms with Gasteiger partial charge in [0.05, 0.1) is 33.0 Å². The van der Waals surface area contributed by atoms with Crippen LogP contribution in [-0.2, 0) is 44.4 Å². The van der Waals surface area contributed by atoms with Gasteiger partial charge in [0.1, 0.15) is 48.3 Å². The summed E-state index contributed by atoms with van der Waals surface area (Å²) in [6.45, 7) is -3.00. The van der Waals surface area contributed by atoms with Crippen LogP contribution in [-0.4, -0.2) is 168 Å². The zero-order chi connectivity index (χ0) is 37.7. The molecule has 52 heavy (non-hydrogen) atoms. The minimum absolute atomic E-state index is 0.118. The molecule has 0 spiro atoms. The van der Waals surface area contributed by atoms with Crippen molar-refractivity contribution in [3.05, 3.63) is 53.6 Å². The topological polar surface area (TPSA) is 304 Å². The summed E-state index contributed by atoms with van der Waals surface area (Å²) in [5.41, 5.74) is -1.36. The Labute approximate surface area is 295 Å². The molecular weight excluding hydrogens is 700 g/mol. The molecule has 11 N–H and O–H groups in total. The number of esters is 1. The molecule has 5 rings (SSSR count). The first kappa shape index (κ1) is 39.5. The predicted molar refractivity (Wildman–Crippen MR) is 169 cm³/mol. The van der Waals surface area contributed by atoms with Gasteiger partial charge in [-0.05, 0) is 47.9 Å². The highest BCUT2D eigenvalue weighted by Crippen LogP contribution is 2.36. The number of aliphatic hydroxyl groups excluding tert-OH is 6. The average Bonchev–Trinajstić information content (AvgIpc) is 3.41. The number of hydrogen-bond acceptors (Lipinski definition) is 19. The van der Waals surface area contributed by atoms with E-state index in [1.54, 1.807) is 0 Å². The van der Waals surface area contributed by atoms with Gasteiger partial charge in [-0.15, -0.1) is 0 Å². The largest absolute Gasteiger partial charge is 0.504 e. The molecule has 2 aromatic carbocycles. The van der Waals surface area contributed by atoms with Crippen molar-refractivity contribution < 1.29 is 94.1 Å². The van der Waals surface area contributed by atoms with Crippen molar-refractivity contribution >= 4 is 12.0 Å². The standard InChI is InChI=1S/C33H42O19/c34-11-22-26(50-23(41)6-3-15-1-4-17(36)19(38)9-15)27(51-32-29(44)33(45,13-35)14-48-32)28(52-30-25(43)24(42)21(40)12-47-30)31(49-22)46-8-7-16-2-5-18(37)20(39)10-16/h1-6,9-10,21-22,24-32,34-40,42-45H,7-8,11-14H2/b6-3+/t21-,22-,24+,25-,26-,27+,28-,29+,30+,31-,32-,33-/m1/s1. The SMILES string of the molecule is O=C(/C=C/c1ccc(O)c(O)c1)O[C@H]1[C@H](O[C@H]2OC[C@](O)(CO)[C@H]2O)[C@@H](O[C@@H]2OC[C@@H](O)[C@H](O)[C@H]2O)[C@H](OCCc2ccc(O)c(O)c2)O[C@@H]1CO. The van der Waals surface area contributed by atoms with Gasteiger partial charge in [0.25, 0.3) is 0 Å². The van der Waals surface area contributed by atoms with Gasteiger partial charge in [-0.25, -0.2) is 4.79 Å². The third kappa shape index (κ3) is 8.92. The monoisotopic (exact) mass is 742 g/mol. The van der Waals surface area contributed by atoms with E-state index in [0.29, 0.717) is 5.56 Å². The van der Waals surface area contributed by atoms with Crippen LogP contribution in [0.5, 0.6) is 23.0 Å². The molecule has 3 aliphatic heterocycles. The van der Waals surface area contributed by atoms with Gasteiger partial charge in [-0.3, -0.25) is 0 Å². The highest BCUT2D eigenvalue weighted by molar-refractivity contribution is 5.87. The van der Waals surface area contributed by atoms with E-state index >= 15 is 0 Å². The fourth-order valence-corrected chi connectivity index (χ4v) is 5.72. The quantitative estimate of drug-likeness (QED) is 0.0556. The molecule has 3 heterocycles. The molecule has 0 bridgehead atoms. The fraction of sp³-hybridized carbons (Fsp3) is 0.545. The van der Waals surface area contributed by atoms with Crippen LogP contribution in [0.25, 0.3) is 6.08 Å². The predicted octanol–water partition coefficient (Wildman–Crippen LogP) is -2.94. The van der Waals surface area contributed by atoms with E-state index in [1.807, 2.05) is 0 Å². The van der Waals surface area contributed by atoms with Crippen LogP contribution >= 0.6 is 0 Å². The van der Waals surface area contributed by atoms with Crippen LogP contribution in [0.2, 0.25) is 0 Å². The molecular formula is C33H42O19. The van der Waals surface area contributed by atoms with Crippen LogP contribution in [0.4, 0.5) is 0 Å². The summed E-state index contributed by atoms with van der Waals surface area (Å²) in [4.78, 5) is 13.2. The first-order valence-corrected chi connectivity index (χ1v) is 16.1. The molecule has 3 aliphatic rings. The van der Waals surface area contributed by atoms with Crippen molar-refractivity contribution in [2.45, 2.75) is 79.7 Å². The fourth-order valence-electron chi connectivity index (χ4n) is 5.72. The number of phenolic OH excluding ortho intramolecular Hbond substituents is 4. The average molecular weight is 743 g/mol. The van der Waals surface area contributed by atoms with E-state index in [2.05, 4.69) is 0 Å². The lowest BCUT2D eigenvalue weighted by Gasteiger charge is -2.47. The zero-order valence-corrected chi connectivity index (χ0v) is 27.4. The summed E-state index contributed by atoms with van der Waals surface area (Å²) < 4.78 is 40.5. The lowest BCUT2D eigenvalue weighted by atomic mass is 9.96. The molecule has 19 nitrogen and oxygen atoms in total. The summed E-state index contributed by atoms with van der Waals surface area (Å²) in [5, 5.41) is 112. The summed E-state index contributed by atoms with van der Waals surface area (Å²) in [6, 6.07) is 7.81. The lowest BCUT2D eigenvalue weighted by molar-refractivity contribution is -0.372. The molecule has 0 saturated carbocycles. The number of carbonyl (C=O) groups is 1. The van der Waals surface area contributed by atoms with Crippen LogP contribution in [0.15, 0.2) is 42.5 Å². The van der Waals surface area contributed by atoms with E-state index in [9.17, 15) is 61.0 Å². The Hall–Kier alpha value is -3.67. The third-order valence-electron chi connectivity index (χ3n) is 8.76. The van der Waals surface area contributed by atoms with Crippen LogP contribution < -0.4 is 0 Å². The number of ether oxygens (including phenoxy) is 7. The van der Waals surface area contributed by atoms with E-state index in [-0.39, 0.29) is 30.1 Å². The number of aliphatic hydroxyl groups is 7. The second-order valence-corrected chi connectivity index (χ2v) is 12.5. The van der Waals surface area contributed by atoms with Crippen LogP contribution in [0.1, 0.15) is 11.1 Å². The third-order valence-corrected chi connectivity index (χ3v) is 8.76. The zero-order valence-electron chi connectivity index (χ0n) is 27.4. The highest BCUT2D eigenvalue weighted by atomic mass is 16.8. The minimum atomic E-state index is -2.17. The van der Waals surface area contributed by atoms with Crippen molar-refractivity contribution in [2.75, 3.05) is 33.0 Å². The van der Waals surface area contributed by atoms with E-state index < -0.39 is 117 Å². The Balaban J connectivity index is 1.46. The number of phenols is 4. The molecule has 12 atom stereocenters. The van der Waals surface area contributed by atoms with Gasteiger partial charge in [-0.1, -0.05) is 12.1 Å². The number of hydrogen-bond donors (Lipinski definition) is 11. The Kier molecular flexibility index (Phi) is 12.9. The molecule has 3 fully saturated rings. The lowest BCUT2D eigenvalue weighted by Crippen LogP contribution is -2.65. The molecule has 2 aromatic rings. The number of carbonyl (C=O) groups excluding carboxylic acids is 1. The summed E-state index contributed by atoms with van der Waals surface area (Å²) in [5.74, 6) is -2.64. The Morgan fingerprint density at radius 2 is 1.52 bits per heavy atom. The van der Waals surface area contributed by atoms with E-state index in [1.165, 1.54) is 42.5 Å². The minimum Gasteiger partial charge on any atom is -0.504 e. The second-order valence-electron chi connectivity index (χ2n) is 12.5. The maximum absolute atomic E-state index is 13.2. The Morgan fingerprint density at radius 3 is 2.17 bits per heavy atom. The van der Waals surface area contributed by atoms with E-state index in [0.717, 1.165) is 6.08 Å². The van der Waals surface area contributed by atoms with Gasteiger partial charge in [0, 0.05) is 6.08 Å². The molecule has 19 heteroatoms. The van der Waals surface area contributed by atoms with Crippen molar-refractivity contribution in [3.8, 4) is 23.0 Å². The summed E-state index contributed by atoms with van der Waals surface area (Å²) >= 11 is 0. The normalized spacial score (nSPS) is 35.2. The number of benzene rings is 2. The van der Waals surface area contributed by atoms with Gasteiger partial charge in [0.15, 0.2) is 48.0 Å². The Bertz CT molecular complexity index is 1540. The molecule has 288 valence electrons. The van der Waals surface area contributed by atoms with Crippen molar-refractivity contribution in [3.63, 3.8) is 0 Å². The van der Waals surface area contributed by atoms with Gasteiger partial charge in [-0.2, -0.15) is 0 Å². The highest BCUT2D eigenvalue weighted by Gasteiger charge is 2.56. The molecule has 0 unspecified atom stereocenters. The molecule has 0 radical (unpaired) electrons. The van der Waals surface area contributed by atoms with Crippen molar-refractivity contribution in [1.29, 1.82) is 0 Å². The maximum Gasteiger partial charge on any atom is 0.331 e. The first-order valence-electron chi connectivity index (χ1n) is 16.1. The first-order chi connectivity index (χ1) is 24.7. The van der Waals surface area contributed by atoms with E-state index in [4.69, 9.17) is 33.2 Å². The van der Waals surface area contributed by atoms with Crippen molar-refractivity contribution in [1.82, 2.24) is 0 Å². The molecule has 0 amide bonds. The van der Waals surface area contributed by atoms with Crippen LogP contribution in [0.3, 0.4) is 0 Å². The second kappa shape index (κ2) is 17.0. The van der Waals surface area contributed by atoms with Gasteiger partial charge >= 0.3 is 5.97 Å². The van der Waals surface area contributed by atoms with Gasteiger partial charge in [0.2, 0.25) is 0 Å². The molecule has 0 aliphatic carbocycles. The number of aromatic hydroxyl groups is 4. The molecule has 0 aromatic heterocycles. The number of rotatable bonds is 13. The van der Waals surface area contributed by atoms with Crippen LogP contribution in [0, 0.1) is 0 Å². The Morgan fingerprint density at radius 1 is 0.827 bits per heavy atom. The summed E-state index contributed by atoms with van der Waals surface area (Å²) in [7, 11) is 0. The molecule has 3 saturated heterocycles. The summed E-state index contributed by atoms with van der Waals surface area (Å²) in [6.07, 6.45) is -16.0. The van der Waals surface area contributed by atoms with Gasteiger partial charge < -0.3 is 89.3 Å². The van der Waals surface area contributed by atoms with Crippen molar-refractivity contribution in [2.24, 2.45) is 0 Å².